The zero-order chi connectivity index (χ0) is 37.1. The minimum atomic E-state index is -0.667. The lowest BCUT2D eigenvalue weighted by Gasteiger charge is -2.22. The van der Waals surface area contributed by atoms with Gasteiger partial charge in [0.2, 0.25) is 5.91 Å². The molecule has 3 N–H and O–H groups in total. The lowest BCUT2D eigenvalue weighted by atomic mass is 10.0. The van der Waals surface area contributed by atoms with Crippen LogP contribution in [0, 0.1) is 0 Å². The van der Waals surface area contributed by atoms with Crippen molar-refractivity contribution in [3.8, 4) is 0 Å². The smallest absolute Gasteiger partial charge is 0.220 e. The van der Waals surface area contributed by atoms with Crippen LogP contribution in [-0.2, 0) is 4.79 Å². The molecule has 0 bridgehead atoms. The van der Waals surface area contributed by atoms with Gasteiger partial charge in [-0.05, 0) is 70.6 Å². The lowest BCUT2D eigenvalue weighted by molar-refractivity contribution is -0.123. The summed E-state index contributed by atoms with van der Waals surface area (Å²) in [6.07, 6.45) is 60.8. The Morgan fingerprint density at radius 1 is 0.490 bits per heavy atom. The summed E-state index contributed by atoms with van der Waals surface area (Å²) in [6.45, 7) is 4.21. The van der Waals surface area contributed by atoms with E-state index in [2.05, 4.69) is 104 Å². The highest BCUT2D eigenvalue weighted by atomic mass is 16.3. The molecule has 4 nitrogen and oxygen atoms in total. The quantitative estimate of drug-likeness (QED) is 0.0445. The summed E-state index contributed by atoms with van der Waals surface area (Å²) in [7, 11) is 0. The molecule has 0 aromatic carbocycles. The molecule has 0 spiro atoms. The molecular formula is C47H81NO3. The normalized spacial score (nSPS) is 13.9. The number of hydrogen-bond donors (Lipinski definition) is 3. The van der Waals surface area contributed by atoms with E-state index in [9.17, 15) is 15.0 Å². The maximum absolute atomic E-state index is 12.4. The second-order valence-corrected chi connectivity index (χ2v) is 14.0. The van der Waals surface area contributed by atoms with E-state index in [0.717, 1.165) is 83.5 Å². The summed E-state index contributed by atoms with van der Waals surface area (Å²) in [4.78, 5) is 12.4. The van der Waals surface area contributed by atoms with E-state index in [1.165, 1.54) is 77.0 Å². The van der Waals surface area contributed by atoms with E-state index in [0.29, 0.717) is 12.8 Å². The van der Waals surface area contributed by atoms with Gasteiger partial charge in [0.25, 0.3) is 0 Å². The van der Waals surface area contributed by atoms with Gasteiger partial charge in [-0.15, -0.1) is 0 Å². The molecule has 0 heterocycles. The second kappa shape index (κ2) is 42.0. The van der Waals surface area contributed by atoms with Crippen molar-refractivity contribution in [2.45, 2.75) is 199 Å². The summed E-state index contributed by atoms with van der Waals surface area (Å²) in [5, 5.41) is 23.0. The van der Waals surface area contributed by atoms with Gasteiger partial charge in [0.05, 0.1) is 18.8 Å². The van der Waals surface area contributed by atoms with Crippen molar-refractivity contribution in [2.24, 2.45) is 0 Å². The van der Waals surface area contributed by atoms with Gasteiger partial charge in [0.15, 0.2) is 0 Å². The first-order chi connectivity index (χ1) is 25.2. The third-order valence-corrected chi connectivity index (χ3v) is 9.17. The maximum atomic E-state index is 12.4. The number of carbonyl (C=O) groups is 1. The molecule has 0 aliphatic heterocycles. The molecule has 2 atom stereocenters. The molecule has 0 aromatic rings. The van der Waals surface area contributed by atoms with Crippen LogP contribution in [0.4, 0.5) is 0 Å². The SMILES string of the molecule is CC/C=C\C/C=C\C/C=C\C/C=C\C/C=C\C/C=C\C/C=C\CCCCCCCCCC(=O)NC(CO)C(O)CCCCCCCCCCCC. The van der Waals surface area contributed by atoms with Crippen molar-refractivity contribution in [1.82, 2.24) is 5.32 Å². The van der Waals surface area contributed by atoms with Crippen molar-refractivity contribution in [3.63, 3.8) is 0 Å². The van der Waals surface area contributed by atoms with E-state index < -0.39 is 12.1 Å². The molecule has 0 aromatic heterocycles. The number of unbranched alkanes of at least 4 members (excludes halogenated alkanes) is 16. The standard InChI is InChI=1S/C47H81NO3/c1-3-5-7-9-11-13-15-16-17-18-19-20-21-22-23-24-25-26-27-28-29-30-31-32-33-35-37-39-41-43-47(51)48-45(44-49)46(50)42-40-38-36-34-14-12-10-8-6-4-2/h5,7,11,13,16-17,19-20,22-23,25-26,28-29,45-46,49-50H,3-4,6,8-10,12,14-15,18,21,24,27,30-44H2,1-2H3,(H,48,51)/b7-5-,13-11-,17-16-,20-19-,23-22-,26-25-,29-28-. The molecule has 0 radical (unpaired) electrons. The van der Waals surface area contributed by atoms with Crippen molar-refractivity contribution < 1.29 is 15.0 Å². The molecule has 1 amide bonds. The van der Waals surface area contributed by atoms with E-state index >= 15 is 0 Å². The number of amides is 1. The van der Waals surface area contributed by atoms with E-state index in [1.807, 2.05) is 0 Å². The highest BCUT2D eigenvalue weighted by molar-refractivity contribution is 5.76. The zero-order valence-electron chi connectivity index (χ0n) is 33.3. The van der Waals surface area contributed by atoms with Crippen molar-refractivity contribution >= 4 is 5.91 Å². The average molecular weight is 708 g/mol. The van der Waals surface area contributed by atoms with Gasteiger partial charge >= 0.3 is 0 Å². The first-order valence-electron chi connectivity index (χ1n) is 21.3. The summed E-state index contributed by atoms with van der Waals surface area (Å²) in [5.74, 6) is -0.0491. The molecular weight excluding hydrogens is 627 g/mol. The molecule has 4 heteroatoms. The van der Waals surface area contributed by atoms with Gasteiger partial charge in [-0.25, -0.2) is 0 Å². The molecule has 0 aliphatic carbocycles. The van der Waals surface area contributed by atoms with Gasteiger partial charge in [-0.3, -0.25) is 4.79 Å². The number of hydrogen-bond acceptors (Lipinski definition) is 3. The highest BCUT2D eigenvalue weighted by Crippen LogP contribution is 2.14. The van der Waals surface area contributed by atoms with Gasteiger partial charge in [-0.2, -0.15) is 0 Å². The first kappa shape index (κ1) is 48.6. The molecule has 0 fully saturated rings. The van der Waals surface area contributed by atoms with Crippen LogP contribution in [0.2, 0.25) is 0 Å². The van der Waals surface area contributed by atoms with E-state index in [4.69, 9.17) is 0 Å². The minimum absolute atomic E-state index is 0.0491. The van der Waals surface area contributed by atoms with E-state index in [1.54, 1.807) is 0 Å². The molecule has 0 saturated carbocycles. The Morgan fingerprint density at radius 2 is 0.863 bits per heavy atom. The van der Waals surface area contributed by atoms with Crippen LogP contribution in [0.1, 0.15) is 187 Å². The summed E-state index contributed by atoms with van der Waals surface area (Å²) >= 11 is 0. The summed E-state index contributed by atoms with van der Waals surface area (Å²) in [5.41, 5.74) is 0. The van der Waals surface area contributed by atoms with Gasteiger partial charge in [-0.1, -0.05) is 195 Å². The summed E-state index contributed by atoms with van der Waals surface area (Å²) < 4.78 is 0. The fourth-order valence-electron chi connectivity index (χ4n) is 5.93. The van der Waals surface area contributed by atoms with Crippen LogP contribution in [0.25, 0.3) is 0 Å². The van der Waals surface area contributed by atoms with Gasteiger partial charge in [0, 0.05) is 6.42 Å². The van der Waals surface area contributed by atoms with Crippen LogP contribution < -0.4 is 5.32 Å². The van der Waals surface area contributed by atoms with E-state index in [-0.39, 0.29) is 12.5 Å². The highest BCUT2D eigenvalue weighted by Gasteiger charge is 2.19. The predicted molar refractivity (Wildman–Crippen MR) is 225 cm³/mol. The Balaban J connectivity index is 3.62. The fraction of sp³-hybridized carbons (Fsp3) is 0.681. The minimum Gasteiger partial charge on any atom is -0.394 e. The van der Waals surface area contributed by atoms with Crippen LogP contribution in [0.3, 0.4) is 0 Å². The summed E-state index contributed by atoms with van der Waals surface area (Å²) in [6, 6.07) is -0.546. The molecule has 2 unspecified atom stereocenters. The van der Waals surface area contributed by atoms with Crippen LogP contribution >= 0.6 is 0 Å². The number of rotatable bonds is 37. The molecule has 0 rings (SSSR count). The fourth-order valence-corrected chi connectivity index (χ4v) is 5.93. The zero-order valence-corrected chi connectivity index (χ0v) is 33.3. The third-order valence-electron chi connectivity index (χ3n) is 9.17. The molecule has 0 aliphatic rings. The Hall–Kier alpha value is -2.43. The Bertz CT molecular complexity index is 941. The maximum Gasteiger partial charge on any atom is 0.220 e. The topological polar surface area (TPSA) is 69.6 Å². The number of allylic oxidation sites excluding steroid dienone is 14. The monoisotopic (exact) mass is 708 g/mol. The molecule has 51 heavy (non-hydrogen) atoms. The molecule has 292 valence electrons. The second-order valence-electron chi connectivity index (χ2n) is 14.0. The van der Waals surface area contributed by atoms with Gasteiger partial charge in [0.1, 0.15) is 0 Å². The van der Waals surface area contributed by atoms with Crippen LogP contribution in [0.5, 0.6) is 0 Å². The number of nitrogens with one attached hydrogen (secondary N) is 1. The lowest BCUT2D eigenvalue weighted by Crippen LogP contribution is -2.45. The first-order valence-corrected chi connectivity index (χ1v) is 21.3. The number of carbonyl (C=O) groups excluding carboxylic acids is 1. The number of aliphatic hydroxyl groups excluding tert-OH is 2. The van der Waals surface area contributed by atoms with Crippen LogP contribution in [0.15, 0.2) is 85.1 Å². The number of aliphatic hydroxyl groups is 2. The van der Waals surface area contributed by atoms with Crippen molar-refractivity contribution in [2.75, 3.05) is 6.61 Å². The van der Waals surface area contributed by atoms with Crippen molar-refractivity contribution in [1.29, 1.82) is 0 Å². The van der Waals surface area contributed by atoms with Crippen molar-refractivity contribution in [3.05, 3.63) is 85.1 Å². The Kier molecular flexibility index (Phi) is 40.0. The molecule has 0 saturated heterocycles. The van der Waals surface area contributed by atoms with Gasteiger partial charge < -0.3 is 15.5 Å². The Morgan fingerprint density at radius 3 is 1.29 bits per heavy atom. The van der Waals surface area contributed by atoms with Crippen LogP contribution in [-0.4, -0.2) is 34.9 Å². The Labute approximate surface area is 316 Å². The third kappa shape index (κ3) is 38.6. The largest absolute Gasteiger partial charge is 0.394 e. The average Bonchev–Trinajstić information content (AvgIpc) is 3.13. The predicted octanol–water partition coefficient (Wildman–Crippen LogP) is 13.3.